The second-order valence-corrected chi connectivity index (χ2v) is 18.8. The molecule has 1 amide bonds. The van der Waals surface area contributed by atoms with Crippen molar-refractivity contribution in [2.24, 2.45) is 5.41 Å². The first kappa shape index (κ1) is 45.5. The molecule has 3 aliphatic rings. The summed E-state index contributed by atoms with van der Waals surface area (Å²) in [6, 6.07) is 11.0. The van der Waals surface area contributed by atoms with Crippen molar-refractivity contribution in [2.75, 3.05) is 57.4 Å². The maximum Gasteiger partial charge on any atom is 0.412 e. The largest absolute Gasteiger partial charge is 0.483 e. The molecule has 2 aromatic carbocycles. The number of aromatic amines is 1. The molecule has 2 N–H and O–H groups in total. The Kier molecular flexibility index (Phi) is 13.2. The number of nitrogens with zero attached hydrogens (tertiary/aromatic N) is 4. The highest BCUT2D eigenvalue weighted by atomic mass is 32.2. The summed E-state index contributed by atoms with van der Waals surface area (Å²) in [4.78, 5) is 36.1. The lowest BCUT2D eigenvalue weighted by atomic mass is 9.73. The Balaban J connectivity index is 1.08. The molecule has 63 heavy (non-hydrogen) atoms. The molecule has 2 saturated heterocycles. The molecule has 0 spiro atoms. The van der Waals surface area contributed by atoms with Gasteiger partial charge in [0.25, 0.3) is 15.9 Å². The van der Waals surface area contributed by atoms with Crippen LogP contribution in [0.3, 0.4) is 0 Å². The van der Waals surface area contributed by atoms with Crippen molar-refractivity contribution in [1.29, 1.82) is 0 Å². The van der Waals surface area contributed by atoms with Gasteiger partial charge in [0.2, 0.25) is 0 Å². The van der Waals surface area contributed by atoms with E-state index >= 15 is 4.39 Å². The number of piperazine rings is 1. The predicted molar refractivity (Wildman–Crippen MR) is 227 cm³/mol. The zero-order valence-corrected chi connectivity index (χ0v) is 35.9. The van der Waals surface area contributed by atoms with E-state index in [9.17, 15) is 36.5 Å². The van der Waals surface area contributed by atoms with Crippen LogP contribution in [-0.2, 0) is 14.8 Å². The SMILES string of the molecule is C=C(CCC1=C(CN2CCN(c3ccc(C(=O)NS(=O)(=O)c4ccc(OCC5(F)CCOCC5)c([N+](=O)[O-])c4)c(Oc4cnc5[nH]ccc5c4)c3)CC2)CCC(C)(C)C1)C(F)(F)F. The lowest BCUT2D eigenvalue weighted by Crippen LogP contribution is -2.47. The van der Waals surface area contributed by atoms with Gasteiger partial charge in [-0.15, -0.1) is 0 Å². The number of amides is 1. The third-order valence-corrected chi connectivity index (χ3v) is 13.3. The fourth-order valence-electron chi connectivity index (χ4n) is 8.13. The van der Waals surface area contributed by atoms with Crippen LogP contribution in [0.15, 0.2) is 89.1 Å². The molecule has 2 aromatic heterocycles. The number of fused-ring (bicyclic) bond motifs is 1. The molecule has 338 valence electrons. The molecule has 0 atom stereocenters. The number of alkyl halides is 4. The number of carbonyl (C=O) groups excluding carboxylic acids is 1. The van der Waals surface area contributed by atoms with E-state index in [0.717, 1.165) is 48.4 Å². The number of hydrogen-bond acceptors (Lipinski definition) is 11. The first-order valence-electron chi connectivity index (χ1n) is 20.7. The summed E-state index contributed by atoms with van der Waals surface area (Å²) in [6.07, 6.45) is 1.52. The number of halogens is 4. The molecule has 19 heteroatoms. The number of rotatable bonds is 15. The summed E-state index contributed by atoms with van der Waals surface area (Å²) in [5.74, 6) is -1.12. The highest BCUT2D eigenvalue weighted by Gasteiger charge is 2.36. The zero-order chi connectivity index (χ0) is 45.2. The van der Waals surface area contributed by atoms with Crippen molar-refractivity contribution in [3.05, 3.63) is 99.9 Å². The molecule has 0 saturated carbocycles. The third-order valence-electron chi connectivity index (χ3n) is 11.9. The van der Waals surface area contributed by atoms with Crippen LogP contribution >= 0.6 is 0 Å². The smallest absolute Gasteiger partial charge is 0.412 e. The van der Waals surface area contributed by atoms with Gasteiger partial charge in [-0.1, -0.05) is 31.6 Å². The summed E-state index contributed by atoms with van der Waals surface area (Å²) in [5.41, 5.74) is 0.185. The Morgan fingerprint density at radius 3 is 2.49 bits per heavy atom. The molecule has 1 aliphatic carbocycles. The lowest BCUT2D eigenvalue weighted by Gasteiger charge is -2.39. The van der Waals surface area contributed by atoms with Crippen LogP contribution in [0, 0.1) is 15.5 Å². The normalized spacial score (nSPS) is 18.3. The van der Waals surface area contributed by atoms with E-state index in [1.807, 2.05) is 4.72 Å². The van der Waals surface area contributed by atoms with Crippen LogP contribution in [0.2, 0.25) is 0 Å². The molecule has 4 aromatic rings. The van der Waals surface area contributed by atoms with Crippen LogP contribution in [-0.4, -0.2) is 98.5 Å². The average Bonchev–Trinajstić information content (AvgIpc) is 3.71. The van der Waals surface area contributed by atoms with Crippen LogP contribution in [0.1, 0.15) is 69.2 Å². The number of hydrogen-bond donors (Lipinski definition) is 2. The maximum atomic E-state index is 15.1. The fraction of sp³-hybridized carbons (Fsp3) is 0.455. The molecular weight excluding hydrogens is 849 g/mol. The van der Waals surface area contributed by atoms with E-state index in [-0.39, 0.29) is 60.7 Å². The standard InChI is InChI=1S/C44H50F4N6O8S/c1-29(44(46,47)48)4-5-31-25-42(2,3)12-10-32(31)27-52-16-18-53(19-17-52)33-6-8-36(39(23-33)62-34-22-30-11-15-49-40(30)50-26-34)41(55)51-63(58,59)35-7-9-38(37(24-35)54(56)57)61-28-43(45)13-20-60-21-14-43/h6-9,11,15,22-24,26H,1,4-5,10,12-14,16-21,25,27-28H2,2-3H3,(H,49,50)(H,51,55). The number of nitro groups is 1. The summed E-state index contributed by atoms with van der Waals surface area (Å²) < 4.78 is 101. The Morgan fingerprint density at radius 1 is 1.03 bits per heavy atom. The van der Waals surface area contributed by atoms with E-state index in [2.05, 4.69) is 40.2 Å². The van der Waals surface area contributed by atoms with Gasteiger partial charge in [-0.3, -0.25) is 19.8 Å². The van der Waals surface area contributed by atoms with Crippen molar-refractivity contribution in [3.63, 3.8) is 0 Å². The molecule has 2 aliphatic heterocycles. The summed E-state index contributed by atoms with van der Waals surface area (Å²) >= 11 is 0. The van der Waals surface area contributed by atoms with Gasteiger partial charge in [-0.05, 0) is 73.9 Å². The highest BCUT2D eigenvalue weighted by molar-refractivity contribution is 7.90. The molecular formula is C44H50F4N6O8S. The summed E-state index contributed by atoms with van der Waals surface area (Å²) in [6.45, 7) is 10.5. The average molecular weight is 899 g/mol. The van der Waals surface area contributed by atoms with Crippen molar-refractivity contribution >= 4 is 38.3 Å². The number of allylic oxidation sites excluding steroid dienone is 2. The number of benzene rings is 2. The zero-order valence-electron chi connectivity index (χ0n) is 35.1. The molecule has 0 unspecified atom stereocenters. The topological polar surface area (TPSA) is 169 Å². The van der Waals surface area contributed by atoms with Gasteiger partial charge in [0, 0.05) is 93.8 Å². The van der Waals surface area contributed by atoms with Gasteiger partial charge in [-0.2, -0.15) is 13.2 Å². The van der Waals surface area contributed by atoms with Crippen LogP contribution in [0.4, 0.5) is 28.9 Å². The second kappa shape index (κ2) is 18.3. The van der Waals surface area contributed by atoms with Crippen molar-refractivity contribution < 1.29 is 49.9 Å². The van der Waals surface area contributed by atoms with Gasteiger partial charge >= 0.3 is 11.9 Å². The van der Waals surface area contributed by atoms with Crippen LogP contribution in [0.25, 0.3) is 11.0 Å². The Morgan fingerprint density at radius 2 is 1.78 bits per heavy atom. The number of anilines is 1. The maximum absolute atomic E-state index is 15.1. The molecule has 0 radical (unpaired) electrons. The summed E-state index contributed by atoms with van der Waals surface area (Å²) in [5, 5.41) is 12.7. The Bertz CT molecular complexity index is 2510. The molecule has 14 nitrogen and oxygen atoms in total. The minimum absolute atomic E-state index is 0.00219. The van der Waals surface area contributed by atoms with Gasteiger partial charge in [-0.25, -0.2) is 22.5 Å². The first-order chi connectivity index (χ1) is 29.8. The summed E-state index contributed by atoms with van der Waals surface area (Å²) in [7, 11) is -4.71. The monoisotopic (exact) mass is 898 g/mol. The van der Waals surface area contributed by atoms with E-state index in [1.165, 1.54) is 17.8 Å². The third kappa shape index (κ3) is 11.2. The number of sulfonamides is 1. The van der Waals surface area contributed by atoms with E-state index in [1.54, 1.807) is 30.5 Å². The van der Waals surface area contributed by atoms with E-state index in [4.69, 9.17) is 14.2 Å². The number of H-pyrrole nitrogens is 1. The lowest BCUT2D eigenvalue weighted by molar-refractivity contribution is -0.386. The number of ether oxygens (including phenoxy) is 3. The van der Waals surface area contributed by atoms with E-state index < -0.39 is 55.5 Å². The number of carbonyl (C=O) groups is 1. The van der Waals surface area contributed by atoms with Gasteiger partial charge in [0.15, 0.2) is 5.75 Å². The Hall–Kier alpha value is -5.53. The second-order valence-electron chi connectivity index (χ2n) is 17.2. The minimum Gasteiger partial charge on any atom is -0.483 e. The quantitative estimate of drug-likeness (QED) is 0.0506. The van der Waals surface area contributed by atoms with Crippen molar-refractivity contribution in [2.45, 2.75) is 75.5 Å². The Labute approximate surface area is 362 Å². The molecule has 4 heterocycles. The number of aromatic nitrogens is 2. The number of nitro benzene ring substituents is 1. The van der Waals surface area contributed by atoms with Gasteiger partial charge in [0.1, 0.15) is 29.4 Å². The van der Waals surface area contributed by atoms with Crippen molar-refractivity contribution in [3.8, 4) is 17.2 Å². The molecule has 0 bridgehead atoms. The highest BCUT2D eigenvalue weighted by Crippen LogP contribution is 2.42. The molecule has 7 rings (SSSR count). The van der Waals surface area contributed by atoms with Crippen LogP contribution < -0.4 is 19.1 Å². The number of pyridine rings is 1. The van der Waals surface area contributed by atoms with Crippen molar-refractivity contribution in [1.82, 2.24) is 19.6 Å². The molecule has 2 fully saturated rings. The minimum atomic E-state index is -4.71. The fourth-order valence-corrected chi connectivity index (χ4v) is 9.11. The first-order valence-corrected chi connectivity index (χ1v) is 22.2. The predicted octanol–water partition coefficient (Wildman–Crippen LogP) is 8.81. The van der Waals surface area contributed by atoms with Gasteiger partial charge < -0.3 is 24.1 Å². The van der Waals surface area contributed by atoms with E-state index in [0.29, 0.717) is 50.5 Å². The number of nitrogens with one attached hydrogen (secondary N) is 2. The van der Waals surface area contributed by atoms with Gasteiger partial charge in [0.05, 0.1) is 21.6 Å². The van der Waals surface area contributed by atoms with Crippen LogP contribution in [0.5, 0.6) is 17.2 Å².